The third kappa shape index (κ3) is 4.64. The number of hydrogen-bond acceptors (Lipinski definition) is 5. The molecular formula is C23H37N5O2. The van der Waals surface area contributed by atoms with Gasteiger partial charge in [0.25, 0.3) is 0 Å². The Hall–Kier alpha value is -1.67. The Kier molecular flexibility index (Phi) is 6.93. The summed E-state index contributed by atoms with van der Waals surface area (Å²) in [4.78, 5) is 11.9. The fourth-order valence-electron chi connectivity index (χ4n) is 5.05. The molecule has 0 saturated carbocycles. The molecule has 30 heavy (non-hydrogen) atoms. The highest BCUT2D eigenvalue weighted by Crippen LogP contribution is 2.27. The molecule has 3 fully saturated rings. The second kappa shape index (κ2) is 9.64. The minimum Gasteiger partial charge on any atom is -0.381 e. The lowest BCUT2D eigenvalue weighted by Gasteiger charge is -2.43. The number of morpholine rings is 1. The van der Waals surface area contributed by atoms with Gasteiger partial charge in [-0.05, 0) is 32.5 Å². The summed E-state index contributed by atoms with van der Waals surface area (Å²) in [5.74, 6) is 0.986. The van der Waals surface area contributed by atoms with E-state index >= 15 is 0 Å². The Morgan fingerprint density at radius 1 is 1.17 bits per heavy atom. The molecule has 0 spiro atoms. The number of hydrogen-bond donors (Lipinski definition) is 1. The summed E-state index contributed by atoms with van der Waals surface area (Å²) in [7, 11) is 6.24. The Balaban J connectivity index is 1.39. The van der Waals surface area contributed by atoms with E-state index in [1.807, 2.05) is 7.05 Å². The van der Waals surface area contributed by atoms with E-state index in [0.717, 1.165) is 71.3 Å². The molecule has 1 aromatic rings. The van der Waals surface area contributed by atoms with Gasteiger partial charge in [0.1, 0.15) is 0 Å². The van der Waals surface area contributed by atoms with E-state index in [2.05, 4.69) is 69.4 Å². The van der Waals surface area contributed by atoms with Gasteiger partial charge in [-0.25, -0.2) is 0 Å². The van der Waals surface area contributed by atoms with Gasteiger partial charge < -0.3 is 24.6 Å². The van der Waals surface area contributed by atoms with Crippen LogP contribution in [0, 0.1) is 0 Å². The number of ether oxygens (including phenoxy) is 2. The van der Waals surface area contributed by atoms with Crippen LogP contribution in [0.1, 0.15) is 18.4 Å². The average Bonchev–Trinajstić information content (AvgIpc) is 3.21. The van der Waals surface area contributed by atoms with Crippen molar-refractivity contribution in [2.45, 2.75) is 37.1 Å². The second-order valence-corrected chi connectivity index (χ2v) is 8.97. The largest absolute Gasteiger partial charge is 0.381 e. The van der Waals surface area contributed by atoms with E-state index in [1.54, 1.807) is 0 Å². The highest BCUT2D eigenvalue weighted by atomic mass is 16.5. The van der Waals surface area contributed by atoms with Crippen molar-refractivity contribution in [1.29, 1.82) is 0 Å². The molecule has 1 N–H and O–H groups in total. The van der Waals surface area contributed by atoms with Gasteiger partial charge in [0.05, 0.1) is 18.8 Å². The minimum atomic E-state index is 0.122. The van der Waals surface area contributed by atoms with Crippen molar-refractivity contribution in [3.8, 4) is 0 Å². The molecule has 1 aromatic carbocycles. The van der Waals surface area contributed by atoms with Crippen LogP contribution in [0.4, 0.5) is 0 Å². The summed E-state index contributed by atoms with van der Waals surface area (Å²) < 4.78 is 11.8. The van der Waals surface area contributed by atoms with Crippen molar-refractivity contribution in [3.63, 3.8) is 0 Å². The maximum Gasteiger partial charge on any atom is 0.193 e. The molecule has 7 heteroatoms. The first-order chi connectivity index (χ1) is 14.6. The van der Waals surface area contributed by atoms with Gasteiger partial charge in [0, 0.05) is 58.5 Å². The number of nitrogens with zero attached hydrogens (tertiary/aromatic N) is 4. The summed E-state index contributed by atoms with van der Waals surface area (Å²) in [5.41, 5.74) is 1.49. The van der Waals surface area contributed by atoms with Crippen LogP contribution in [0.25, 0.3) is 0 Å². The van der Waals surface area contributed by atoms with Crippen molar-refractivity contribution in [3.05, 3.63) is 35.9 Å². The van der Waals surface area contributed by atoms with E-state index in [4.69, 9.17) is 9.47 Å². The zero-order valence-electron chi connectivity index (χ0n) is 18.7. The quantitative estimate of drug-likeness (QED) is 0.577. The Morgan fingerprint density at radius 2 is 1.93 bits per heavy atom. The lowest BCUT2D eigenvalue weighted by Crippen LogP contribution is -2.57. The predicted octanol–water partition coefficient (Wildman–Crippen LogP) is 1.26. The standard InChI is InChI=1S/C23H37N5O2/c1-24-22(25-18-23(26(2)3)9-12-29-13-10-23)28-16-20-21(17-28)30-14-11-27(20)15-19-7-5-4-6-8-19/h4-8,20-21H,9-18H2,1-3H3,(H,24,25). The van der Waals surface area contributed by atoms with Crippen LogP contribution in [0.15, 0.2) is 35.3 Å². The number of nitrogens with one attached hydrogen (secondary N) is 1. The first kappa shape index (κ1) is 21.6. The predicted molar refractivity (Wildman–Crippen MR) is 120 cm³/mol. The zero-order chi connectivity index (χ0) is 21.0. The molecule has 4 rings (SSSR count). The number of rotatable bonds is 5. The van der Waals surface area contributed by atoms with E-state index < -0.39 is 0 Å². The molecule has 0 radical (unpaired) electrons. The third-order valence-corrected chi connectivity index (χ3v) is 7.10. The van der Waals surface area contributed by atoms with Gasteiger partial charge in [-0.2, -0.15) is 0 Å². The number of likely N-dealkylation sites (tertiary alicyclic amines) is 1. The molecule has 0 bridgehead atoms. The first-order valence-corrected chi connectivity index (χ1v) is 11.2. The summed E-state index contributed by atoms with van der Waals surface area (Å²) >= 11 is 0. The van der Waals surface area contributed by atoms with Crippen LogP contribution in [-0.2, 0) is 16.0 Å². The summed E-state index contributed by atoms with van der Waals surface area (Å²) in [5, 5.41) is 3.68. The van der Waals surface area contributed by atoms with Crippen molar-refractivity contribution in [2.75, 3.05) is 67.1 Å². The van der Waals surface area contributed by atoms with E-state index in [1.165, 1.54) is 5.56 Å². The van der Waals surface area contributed by atoms with Crippen molar-refractivity contribution in [1.82, 2.24) is 20.0 Å². The normalized spacial score (nSPS) is 27.3. The molecule has 0 aliphatic carbocycles. The monoisotopic (exact) mass is 415 g/mol. The number of aliphatic imine (C=N–C) groups is 1. The Morgan fingerprint density at radius 3 is 2.63 bits per heavy atom. The number of guanidine groups is 1. The molecule has 0 amide bonds. The molecule has 3 aliphatic rings. The van der Waals surface area contributed by atoms with Gasteiger partial charge >= 0.3 is 0 Å². The van der Waals surface area contributed by atoms with Gasteiger partial charge in [0.2, 0.25) is 0 Å². The molecule has 0 aromatic heterocycles. The lowest BCUT2D eigenvalue weighted by atomic mass is 9.88. The Bertz CT molecular complexity index is 705. The van der Waals surface area contributed by atoms with E-state index in [-0.39, 0.29) is 11.6 Å². The van der Waals surface area contributed by atoms with Gasteiger partial charge in [0.15, 0.2) is 5.96 Å². The van der Waals surface area contributed by atoms with Crippen LogP contribution in [0.2, 0.25) is 0 Å². The fraction of sp³-hybridized carbons (Fsp3) is 0.696. The van der Waals surface area contributed by atoms with Crippen molar-refractivity contribution < 1.29 is 9.47 Å². The highest BCUT2D eigenvalue weighted by molar-refractivity contribution is 5.80. The molecule has 2 unspecified atom stereocenters. The lowest BCUT2D eigenvalue weighted by molar-refractivity contribution is -0.0502. The van der Waals surface area contributed by atoms with E-state index in [0.29, 0.717) is 6.04 Å². The molecule has 7 nitrogen and oxygen atoms in total. The molecular weight excluding hydrogens is 378 g/mol. The molecule has 3 saturated heterocycles. The van der Waals surface area contributed by atoms with Crippen LogP contribution in [0.3, 0.4) is 0 Å². The molecule has 3 aliphatic heterocycles. The average molecular weight is 416 g/mol. The number of benzene rings is 1. The van der Waals surface area contributed by atoms with Gasteiger partial charge in [-0.15, -0.1) is 0 Å². The van der Waals surface area contributed by atoms with E-state index in [9.17, 15) is 0 Å². The van der Waals surface area contributed by atoms with Crippen LogP contribution >= 0.6 is 0 Å². The first-order valence-electron chi connectivity index (χ1n) is 11.2. The fourth-order valence-corrected chi connectivity index (χ4v) is 5.05. The highest BCUT2D eigenvalue weighted by Gasteiger charge is 2.42. The summed E-state index contributed by atoms with van der Waals surface area (Å²) in [6.07, 6.45) is 2.33. The zero-order valence-corrected chi connectivity index (χ0v) is 18.7. The topological polar surface area (TPSA) is 52.6 Å². The van der Waals surface area contributed by atoms with Crippen LogP contribution in [-0.4, -0.2) is 105 Å². The van der Waals surface area contributed by atoms with Crippen molar-refractivity contribution >= 4 is 5.96 Å². The SMILES string of the molecule is CN=C(NCC1(N(C)C)CCOCC1)N1CC2OCCN(Cc3ccccc3)C2C1. The summed E-state index contributed by atoms with van der Waals surface area (Å²) in [6, 6.07) is 11.2. The van der Waals surface area contributed by atoms with Crippen molar-refractivity contribution in [2.24, 2.45) is 4.99 Å². The van der Waals surface area contributed by atoms with Crippen LogP contribution < -0.4 is 5.32 Å². The third-order valence-electron chi connectivity index (χ3n) is 7.10. The number of likely N-dealkylation sites (N-methyl/N-ethyl adjacent to an activating group) is 1. The Labute approximate surface area is 181 Å². The minimum absolute atomic E-state index is 0.122. The van der Waals surface area contributed by atoms with Gasteiger partial charge in [-0.3, -0.25) is 9.89 Å². The summed E-state index contributed by atoms with van der Waals surface area (Å²) in [6.45, 7) is 7.16. The van der Waals surface area contributed by atoms with Gasteiger partial charge in [-0.1, -0.05) is 30.3 Å². The number of fused-ring (bicyclic) bond motifs is 1. The van der Waals surface area contributed by atoms with Crippen LogP contribution in [0.5, 0.6) is 0 Å². The molecule has 2 atom stereocenters. The molecule has 3 heterocycles. The maximum atomic E-state index is 6.16. The smallest absolute Gasteiger partial charge is 0.193 e. The molecule has 166 valence electrons. The second-order valence-electron chi connectivity index (χ2n) is 8.97. The maximum absolute atomic E-state index is 6.16.